The van der Waals surface area contributed by atoms with Crippen LogP contribution in [0.2, 0.25) is 5.02 Å². The smallest absolute Gasteiger partial charge is 0.212 e. The predicted molar refractivity (Wildman–Crippen MR) is 149 cm³/mol. The molecule has 1 unspecified atom stereocenters. The standard InChI is InChI=1S/C29H28ClFN4OS/c1-4-10-34(3)16-27-32-15-22(33-27)17-12-21(31)28-24-13-18-11-19(30)6-8-23(18)35(24)29(36-25(28)14-17)26-9-7-20(5-2)37-26/h6-9,11-15,29H,4-5,10,16H2,1-3H3,(H,32,33). The van der Waals surface area contributed by atoms with Gasteiger partial charge in [-0.05, 0) is 75.0 Å². The number of fused-ring (bicyclic) bond motifs is 5. The zero-order valence-electron chi connectivity index (χ0n) is 21.0. The molecule has 190 valence electrons. The van der Waals surface area contributed by atoms with Gasteiger partial charge in [-0.25, -0.2) is 9.37 Å². The SMILES string of the molecule is CCCN(C)Cc1ncc(-c2cc(F)c3c(c2)OC(c2ccc(CC)s2)n2c-3cc3cc(Cl)ccc32)[nH]1. The number of aromatic amines is 1. The van der Waals surface area contributed by atoms with E-state index >= 15 is 4.39 Å². The molecule has 0 fully saturated rings. The summed E-state index contributed by atoms with van der Waals surface area (Å²) in [5.41, 5.74) is 3.68. The van der Waals surface area contributed by atoms with Gasteiger partial charge in [-0.2, -0.15) is 0 Å². The quantitative estimate of drug-likeness (QED) is 0.231. The number of nitrogens with zero attached hydrogens (tertiary/aromatic N) is 3. The van der Waals surface area contributed by atoms with E-state index in [4.69, 9.17) is 16.3 Å². The molecule has 0 radical (unpaired) electrons. The fourth-order valence-electron chi connectivity index (χ4n) is 5.11. The van der Waals surface area contributed by atoms with Crippen LogP contribution in [0.3, 0.4) is 0 Å². The maximum Gasteiger partial charge on any atom is 0.212 e. The first-order valence-electron chi connectivity index (χ1n) is 12.6. The number of imidazole rings is 1. The Hall–Kier alpha value is -3.13. The maximum atomic E-state index is 15.9. The summed E-state index contributed by atoms with van der Waals surface area (Å²) in [7, 11) is 2.07. The van der Waals surface area contributed by atoms with Crippen LogP contribution in [0.25, 0.3) is 33.4 Å². The van der Waals surface area contributed by atoms with Crippen molar-refractivity contribution in [3.63, 3.8) is 0 Å². The Morgan fingerprint density at radius 2 is 2.03 bits per heavy atom. The Morgan fingerprint density at radius 3 is 2.81 bits per heavy atom. The third kappa shape index (κ3) is 4.35. The first kappa shape index (κ1) is 24.2. The maximum absolute atomic E-state index is 15.9. The van der Waals surface area contributed by atoms with E-state index in [1.165, 1.54) is 4.88 Å². The average molecular weight is 535 g/mol. The number of hydrogen-bond donors (Lipinski definition) is 1. The summed E-state index contributed by atoms with van der Waals surface area (Å²) in [5, 5.41) is 1.60. The van der Waals surface area contributed by atoms with Crippen LogP contribution >= 0.6 is 22.9 Å². The molecule has 0 bridgehead atoms. The first-order chi connectivity index (χ1) is 17.9. The number of halogens is 2. The van der Waals surface area contributed by atoms with Gasteiger partial charge in [-0.3, -0.25) is 9.47 Å². The van der Waals surface area contributed by atoms with Crippen molar-refractivity contribution in [3.8, 4) is 28.3 Å². The Kier molecular flexibility index (Phi) is 6.31. The first-order valence-corrected chi connectivity index (χ1v) is 13.8. The molecule has 2 aromatic carbocycles. The van der Waals surface area contributed by atoms with Crippen molar-refractivity contribution in [2.24, 2.45) is 0 Å². The molecule has 6 rings (SSSR count). The second-order valence-corrected chi connectivity index (χ2v) is 11.2. The summed E-state index contributed by atoms with van der Waals surface area (Å²) < 4.78 is 24.5. The molecule has 3 aromatic heterocycles. The van der Waals surface area contributed by atoms with Crippen molar-refractivity contribution in [1.82, 2.24) is 19.4 Å². The molecule has 0 amide bonds. The fraction of sp³-hybridized carbons (Fsp3) is 0.276. The number of hydrogen-bond acceptors (Lipinski definition) is 4. The van der Waals surface area contributed by atoms with Crippen LogP contribution in [0.4, 0.5) is 4.39 Å². The van der Waals surface area contributed by atoms with Crippen LogP contribution in [0.15, 0.2) is 54.7 Å². The van der Waals surface area contributed by atoms with Gasteiger partial charge in [0.15, 0.2) is 0 Å². The Morgan fingerprint density at radius 1 is 1.16 bits per heavy atom. The van der Waals surface area contributed by atoms with Crippen LogP contribution in [0.5, 0.6) is 5.75 Å². The van der Waals surface area contributed by atoms with Crippen LogP contribution in [0, 0.1) is 5.82 Å². The average Bonchev–Trinajstić information content (AvgIpc) is 3.61. The van der Waals surface area contributed by atoms with Gasteiger partial charge in [-0.15, -0.1) is 11.3 Å². The van der Waals surface area contributed by atoms with Crippen molar-refractivity contribution in [2.75, 3.05) is 13.6 Å². The highest BCUT2D eigenvalue weighted by atomic mass is 35.5. The van der Waals surface area contributed by atoms with Crippen molar-refractivity contribution < 1.29 is 9.13 Å². The number of H-pyrrole nitrogens is 1. The molecular formula is C29H28ClFN4OS. The summed E-state index contributed by atoms with van der Waals surface area (Å²) in [6, 6.07) is 15.5. The van der Waals surface area contributed by atoms with E-state index in [1.54, 1.807) is 23.6 Å². The molecule has 0 aliphatic carbocycles. The monoisotopic (exact) mass is 534 g/mol. The lowest BCUT2D eigenvalue weighted by atomic mass is 10.0. The van der Waals surface area contributed by atoms with Crippen LogP contribution in [-0.4, -0.2) is 33.0 Å². The van der Waals surface area contributed by atoms with Gasteiger partial charge >= 0.3 is 0 Å². The van der Waals surface area contributed by atoms with Crippen LogP contribution < -0.4 is 4.74 Å². The number of nitrogens with one attached hydrogen (secondary N) is 1. The van der Waals surface area contributed by atoms with E-state index in [2.05, 4.69) is 52.5 Å². The highest BCUT2D eigenvalue weighted by Crippen LogP contribution is 2.47. The fourth-order valence-corrected chi connectivity index (χ4v) is 6.27. The molecule has 4 heterocycles. The minimum absolute atomic E-state index is 0.333. The second kappa shape index (κ2) is 9.63. The molecule has 5 aromatic rings. The molecule has 1 aliphatic heterocycles. The van der Waals surface area contributed by atoms with Gasteiger partial charge < -0.3 is 9.72 Å². The molecular weight excluding hydrogens is 507 g/mol. The number of aryl methyl sites for hydroxylation is 1. The summed E-state index contributed by atoms with van der Waals surface area (Å²) in [6.07, 6.45) is 3.40. The molecule has 1 aliphatic rings. The number of aromatic nitrogens is 3. The third-order valence-corrected chi connectivity index (χ3v) is 8.32. The van der Waals surface area contributed by atoms with Gasteiger partial charge in [0.2, 0.25) is 6.23 Å². The van der Waals surface area contributed by atoms with E-state index in [9.17, 15) is 0 Å². The molecule has 0 saturated heterocycles. The highest BCUT2D eigenvalue weighted by molar-refractivity contribution is 7.12. The van der Waals surface area contributed by atoms with E-state index < -0.39 is 6.23 Å². The molecule has 1 atom stereocenters. The second-order valence-electron chi connectivity index (χ2n) is 9.54. The minimum Gasteiger partial charge on any atom is -0.464 e. The van der Waals surface area contributed by atoms with Crippen molar-refractivity contribution >= 4 is 33.8 Å². The lowest BCUT2D eigenvalue weighted by Crippen LogP contribution is -2.22. The minimum atomic E-state index is -0.402. The molecule has 1 N–H and O–H groups in total. The Balaban J connectivity index is 1.47. The normalized spacial score (nSPS) is 14.7. The zero-order chi connectivity index (χ0) is 25.7. The number of thiophene rings is 1. The molecule has 37 heavy (non-hydrogen) atoms. The Bertz CT molecular complexity index is 1600. The van der Waals surface area contributed by atoms with E-state index in [0.29, 0.717) is 28.4 Å². The molecule has 8 heteroatoms. The van der Waals surface area contributed by atoms with Crippen LogP contribution in [0.1, 0.15) is 42.1 Å². The number of rotatable bonds is 7. The van der Waals surface area contributed by atoms with E-state index in [-0.39, 0.29) is 5.82 Å². The van der Waals surface area contributed by atoms with Gasteiger partial charge in [-0.1, -0.05) is 25.4 Å². The lowest BCUT2D eigenvalue weighted by molar-refractivity contribution is 0.176. The number of ether oxygens (including phenoxy) is 1. The zero-order valence-corrected chi connectivity index (χ0v) is 22.6. The number of benzene rings is 2. The largest absolute Gasteiger partial charge is 0.464 e. The summed E-state index contributed by atoms with van der Waals surface area (Å²) >= 11 is 8.03. The molecule has 0 saturated carbocycles. The van der Waals surface area contributed by atoms with Gasteiger partial charge in [0.25, 0.3) is 0 Å². The molecule has 5 nitrogen and oxygen atoms in total. The predicted octanol–water partition coefficient (Wildman–Crippen LogP) is 7.90. The van der Waals surface area contributed by atoms with Gasteiger partial charge in [0.05, 0.1) is 40.1 Å². The van der Waals surface area contributed by atoms with Crippen molar-refractivity contribution in [2.45, 2.75) is 39.5 Å². The summed E-state index contributed by atoms with van der Waals surface area (Å²) in [6.45, 7) is 5.99. The molecule has 0 spiro atoms. The lowest BCUT2D eigenvalue weighted by Gasteiger charge is -2.30. The third-order valence-electron chi connectivity index (χ3n) is 6.82. The highest BCUT2D eigenvalue weighted by Gasteiger charge is 2.32. The topological polar surface area (TPSA) is 46.1 Å². The van der Waals surface area contributed by atoms with Gasteiger partial charge in [0.1, 0.15) is 17.4 Å². The summed E-state index contributed by atoms with van der Waals surface area (Å²) in [5.74, 6) is 1.04. The van der Waals surface area contributed by atoms with Crippen LogP contribution in [-0.2, 0) is 13.0 Å². The Labute approximate surface area is 224 Å². The van der Waals surface area contributed by atoms with Crippen molar-refractivity contribution in [1.29, 1.82) is 0 Å². The van der Waals surface area contributed by atoms with Gasteiger partial charge in [0, 0.05) is 20.8 Å². The van der Waals surface area contributed by atoms with E-state index in [0.717, 1.165) is 52.4 Å². The summed E-state index contributed by atoms with van der Waals surface area (Å²) in [4.78, 5) is 12.5. The van der Waals surface area contributed by atoms with E-state index in [1.807, 2.05) is 30.3 Å². The van der Waals surface area contributed by atoms with Crippen molar-refractivity contribution in [3.05, 3.63) is 81.1 Å².